The van der Waals surface area contributed by atoms with Crippen LogP contribution in [0.3, 0.4) is 0 Å². The van der Waals surface area contributed by atoms with Gasteiger partial charge in [-0.15, -0.1) is 0 Å². The molecule has 0 aliphatic rings. The molecule has 12 heavy (non-hydrogen) atoms. The summed E-state index contributed by atoms with van der Waals surface area (Å²) in [5.41, 5.74) is 5.20. The van der Waals surface area contributed by atoms with Gasteiger partial charge < -0.3 is 20.9 Å². The van der Waals surface area contributed by atoms with Crippen LogP contribution >= 0.6 is 0 Å². The van der Waals surface area contributed by atoms with Gasteiger partial charge in [-0.25, -0.2) is 0 Å². The van der Waals surface area contributed by atoms with Crippen molar-refractivity contribution in [2.45, 2.75) is 13.5 Å². The average molecular weight is 178 g/mol. The number of rotatable bonds is 5. The lowest BCUT2D eigenvalue weighted by Crippen LogP contribution is -2.43. The Morgan fingerprint density at radius 2 is 2.33 bits per heavy atom. The zero-order valence-electron chi connectivity index (χ0n) is 6.54. The third kappa shape index (κ3) is 6.09. The van der Waals surface area contributed by atoms with Crippen LogP contribution in [-0.4, -0.2) is 43.9 Å². The first-order chi connectivity index (χ1) is 5.22. The van der Waals surface area contributed by atoms with Gasteiger partial charge in [-0.3, -0.25) is 4.79 Å². The molecule has 4 N–H and O–H groups in total. The zero-order chi connectivity index (χ0) is 8.69. The first-order valence-electron chi connectivity index (χ1n) is 3.35. The van der Waals surface area contributed by atoms with E-state index in [9.17, 15) is 4.79 Å². The van der Waals surface area contributed by atoms with E-state index in [4.69, 9.17) is 10.8 Å². The number of amides is 1. The molecular weight excluding hydrogens is 160 g/mol. The quantitative estimate of drug-likeness (QED) is 0.457. The predicted octanol–water partition coefficient (Wildman–Crippen LogP) is -1.30. The molecule has 0 aliphatic carbocycles. The largest absolute Gasteiger partial charge is 0.394 e. The van der Waals surface area contributed by atoms with E-state index in [0.29, 0.717) is 13.2 Å². The highest BCUT2D eigenvalue weighted by Gasteiger charge is 2.09. The summed E-state index contributed by atoms with van der Waals surface area (Å²) in [5.74, 6) is -0.357. The van der Waals surface area contributed by atoms with E-state index in [1.807, 2.05) is 0 Å². The minimum absolute atomic E-state index is 0. The highest BCUT2D eigenvalue weighted by Crippen LogP contribution is 1.75. The number of aliphatic hydroxyl groups is 1. The van der Waals surface area contributed by atoms with Gasteiger partial charge in [0.1, 0.15) is 6.04 Å². The van der Waals surface area contributed by atoms with E-state index in [2.05, 4.69) is 10.1 Å². The van der Waals surface area contributed by atoms with Gasteiger partial charge in [0, 0.05) is 13.7 Å². The Balaban J connectivity index is 0. The Morgan fingerprint density at radius 1 is 1.75 bits per heavy atom. The van der Waals surface area contributed by atoms with Gasteiger partial charge in [0.15, 0.2) is 0 Å². The topological polar surface area (TPSA) is 84.6 Å². The van der Waals surface area contributed by atoms with E-state index < -0.39 is 6.04 Å². The summed E-state index contributed by atoms with van der Waals surface area (Å²) < 4.78 is 4.69. The van der Waals surface area contributed by atoms with Crippen molar-refractivity contribution in [2.75, 3.05) is 26.9 Å². The Morgan fingerprint density at radius 3 is 2.75 bits per heavy atom. The predicted molar refractivity (Wildman–Crippen MR) is 46.7 cm³/mol. The molecule has 1 unspecified atom stereocenters. The molecule has 0 radical (unpaired) electrons. The van der Waals surface area contributed by atoms with E-state index in [0.717, 1.165) is 0 Å². The van der Waals surface area contributed by atoms with Gasteiger partial charge in [-0.1, -0.05) is 7.43 Å². The molecule has 1 atom stereocenters. The average Bonchev–Trinajstić information content (AvgIpc) is 2.03. The fourth-order valence-electron chi connectivity index (χ4n) is 0.490. The number of hydrogen-bond acceptors (Lipinski definition) is 4. The minimum atomic E-state index is -0.827. The lowest BCUT2D eigenvalue weighted by molar-refractivity contribution is -0.123. The second-order valence-corrected chi connectivity index (χ2v) is 2.07. The standard InChI is InChI=1S/C6H14N2O3.CH4/c1-11-3-2-8-6(10)5(7)4-9;/h5,9H,2-4,7H2,1H3,(H,8,10);1H4. The van der Waals surface area contributed by atoms with Gasteiger partial charge >= 0.3 is 0 Å². The summed E-state index contributed by atoms with van der Waals surface area (Å²) in [6.45, 7) is 0.533. The maximum Gasteiger partial charge on any atom is 0.239 e. The summed E-state index contributed by atoms with van der Waals surface area (Å²) in [4.78, 5) is 10.8. The molecule has 0 aliphatic heterocycles. The number of carbonyl (C=O) groups is 1. The van der Waals surface area contributed by atoms with Crippen LogP contribution in [0.5, 0.6) is 0 Å². The highest BCUT2D eigenvalue weighted by molar-refractivity contribution is 5.81. The van der Waals surface area contributed by atoms with Crippen LogP contribution in [0.2, 0.25) is 0 Å². The van der Waals surface area contributed by atoms with Gasteiger partial charge in [-0.2, -0.15) is 0 Å². The summed E-state index contributed by atoms with van der Waals surface area (Å²) in [7, 11) is 1.54. The lowest BCUT2D eigenvalue weighted by Gasteiger charge is -2.08. The van der Waals surface area contributed by atoms with Crippen LogP contribution < -0.4 is 11.1 Å². The first-order valence-corrected chi connectivity index (χ1v) is 3.35. The minimum Gasteiger partial charge on any atom is -0.394 e. The second-order valence-electron chi connectivity index (χ2n) is 2.07. The maximum atomic E-state index is 10.8. The van der Waals surface area contributed by atoms with Crippen molar-refractivity contribution in [3.63, 3.8) is 0 Å². The van der Waals surface area contributed by atoms with E-state index in [-0.39, 0.29) is 19.9 Å². The molecule has 5 nitrogen and oxygen atoms in total. The van der Waals surface area contributed by atoms with Crippen LogP contribution in [0, 0.1) is 0 Å². The number of methoxy groups -OCH3 is 1. The van der Waals surface area contributed by atoms with Gasteiger partial charge in [0.25, 0.3) is 0 Å². The van der Waals surface area contributed by atoms with Crippen molar-refractivity contribution in [1.82, 2.24) is 5.32 Å². The van der Waals surface area contributed by atoms with Crippen LogP contribution in [0.25, 0.3) is 0 Å². The van der Waals surface area contributed by atoms with Crippen LogP contribution in [-0.2, 0) is 9.53 Å². The Kier molecular flexibility index (Phi) is 9.79. The van der Waals surface area contributed by atoms with Crippen molar-refractivity contribution in [1.29, 1.82) is 0 Å². The number of nitrogens with two attached hydrogens (primary N) is 1. The molecule has 0 fully saturated rings. The highest BCUT2D eigenvalue weighted by atomic mass is 16.5. The van der Waals surface area contributed by atoms with Crippen molar-refractivity contribution < 1.29 is 14.6 Å². The van der Waals surface area contributed by atoms with Crippen LogP contribution in [0.15, 0.2) is 0 Å². The van der Waals surface area contributed by atoms with E-state index in [1.54, 1.807) is 0 Å². The molecule has 5 heteroatoms. The van der Waals surface area contributed by atoms with Crippen molar-refractivity contribution in [2.24, 2.45) is 5.73 Å². The molecule has 0 rings (SSSR count). The first kappa shape index (κ1) is 13.9. The maximum absolute atomic E-state index is 10.8. The third-order valence-corrected chi connectivity index (χ3v) is 1.14. The molecule has 0 aromatic heterocycles. The molecule has 0 aromatic rings. The molecule has 0 aromatic carbocycles. The molecule has 0 saturated carbocycles. The fraction of sp³-hybridized carbons (Fsp3) is 0.857. The van der Waals surface area contributed by atoms with Crippen LogP contribution in [0.4, 0.5) is 0 Å². The van der Waals surface area contributed by atoms with E-state index >= 15 is 0 Å². The Hall–Kier alpha value is -0.650. The summed E-state index contributed by atoms with van der Waals surface area (Å²) in [6.07, 6.45) is 0. The van der Waals surface area contributed by atoms with Crippen molar-refractivity contribution in [3.05, 3.63) is 0 Å². The molecular formula is C7H18N2O3. The number of ether oxygens (including phenoxy) is 1. The SMILES string of the molecule is C.COCCNC(=O)C(N)CO. The molecule has 0 bridgehead atoms. The summed E-state index contributed by atoms with van der Waals surface area (Å²) in [5, 5.41) is 10.9. The summed E-state index contributed by atoms with van der Waals surface area (Å²) in [6, 6.07) is -0.827. The molecule has 0 saturated heterocycles. The van der Waals surface area contributed by atoms with Crippen molar-refractivity contribution >= 4 is 5.91 Å². The second kappa shape index (κ2) is 8.45. The normalized spacial score (nSPS) is 11.6. The number of carbonyl (C=O) groups excluding carboxylic acids is 1. The lowest BCUT2D eigenvalue weighted by atomic mass is 10.3. The summed E-state index contributed by atoms with van der Waals surface area (Å²) >= 11 is 0. The van der Waals surface area contributed by atoms with Gasteiger partial charge in [0.05, 0.1) is 13.2 Å². The Bertz CT molecular complexity index is 119. The number of nitrogens with one attached hydrogen (secondary N) is 1. The third-order valence-electron chi connectivity index (χ3n) is 1.14. The number of aliphatic hydroxyl groups excluding tert-OH is 1. The zero-order valence-corrected chi connectivity index (χ0v) is 6.54. The molecule has 74 valence electrons. The fourth-order valence-corrected chi connectivity index (χ4v) is 0.490. The van der Waals surface area contributed by atoms with Gasteiger partial charge in [0.2, 0.25) is 5.91 Å². The molecule has 1 amide bonds. The molecule has 0 heterocycles. The van der Waals surface area contributed by atoms with Crippen LogP contribution in [0.1, 0.15) is 7.43 Å². The smallest absolute Gasteiger partial charge is 0.239 e. The van der Waals surface area contributed by atoms with Gasteiger partial charge in [-0.05, 0) is 0 Å². The monoisotopic (exact) mass is 178 g/mol. The number of hydrogen-bond donors (Lipinski definition) is 3. The molecule has 0 spiro atoms. The Labute approximate surface area is 72.9 Å². The van der Waals surface area contributed by atoms with E-state index in [1.165, 1.54) is 7.11 Å². The van der Waals surface area contributed by atoms with Crippen molar-refractivity contribution in [3.8, 4) is 0 Å².